The fourth-order valence-electron chi connectivity index (χ4n) is 4.49. The number of nitrogens with one attached hydrogen (secondary N) is 2. The zero-order valence-electron chi connectivity index (χ0n) is 19.4. The number of rotatable bonds is 10. The number of carboxylic acids is 1. The second kappa shape index (κ2) is 12.0. The van der Waals surface area contributed by atoms with Gasteiger partial charge in [0.2, 0.25) is 0 Å². The van der Waals surface area contributed by atoms with Gasteiger partial charge in [0.1, 0.15) is 11.9 Å². The van der Waals surface area contributed by atoms with E-state index in [9.17, 15) is 14.7 Å². The van der Waals surface area contributed by atoms with Crippen LogP contribution in [0.1, 0.15) is 40.9 Å². The van der Waals surface area contributed by atoms with Gasteiger partial charge < -0.3 is 25.4 Å². The molecule has 3 heterocycles. The van der Waals surface area contributed by atoms with E-state index in [4.69, 9.17) is 32.9 Å². The number of aryl methyl sites for hydroxylation is 1. The van der Waals surface area contributed by atoms with Gasteiger partial charge in [0.25, 0.3) is 5.91 Å². The molecule has 188 valence electrons. The maximum atomic E-state index is 12.6. The number of aliphatic carboxylic acids is 1. The standard InChI is InChI=1S/C25H30Cl2N4O4/c26-19-4-1-5-20(27)22(19)24(32)30-21(25(33)34)9-13-31-12-8-18(15-31)35-14-10-17-7-6-16-3-2-11-28-23(16)29-17/h1,4-7,18,21H,2-3,8-15H2,(H,28,29)(H,30,32)(H,33,34). The van der Waals surface area contributed by atoms with Crippen LogP contribution in [0.2, 0.25) is 10.0 Å². The van der Waals surface area contributed by atoms with E-state index in [1.165, 1.54) is 5.56 Å². The second-order valence-electron chi connectivity index (χ2n) is 8.92. The molecule has 0 radical (unpaired) electrons. The van der Waals surface area contributed by atoms with E-state index in [2.05, 4.69) is 27.7 Å². The first-order valence-electron chi connectivity index (χ1n) is 11.9. The number of hydrogen-bond acceptors (Lipinski definition) is 6. The van der Waals surface area contributed by atoms with Crippen LogP contribution >= 0.6 is 23.2 Å². The molecule has 0 saturated carbocycles. The number of fused-ring (bicyclic) bond motifs is 1. The number of nitrogens with zero attached hydrogens (tertiary/aromatic N) is 2. The minimum absolute atomic E-state index is 0.0842. The number of benzene rings is 1. The molecule has 10 heteroatoms. The van der Waals surface area contributed by atoms with Crippen molar-refractivity contribution < 1.29 is 19.4 Å². The van der Waals surface area contributed by atoms with Crippen LogP contribution < -0.4 is 10.6 Å². The van der Waals surface area contributed by atoms with Gasteiger partial charge in [-0.15, -0.1) is 0 Å². The van der Waals surface area contributed by atoms with E-state index in [1.807, 2.05) is 0 Å². The molecule has 1 aromatic heterocycles. The van der Waals surface area contributed by atoms with Crippen LogP contribution in [-0.2, 0) is 22.4 Å². The number of anilines is 1. The first-order chi connectivity index (χ1) is 16.9. The molecule has 8 nitrogen and oxygen atoms in total. The monoisotopic (exact) mass is 520 g/mol. The number of carbonyl (C=O) groups excluding carboxylic acids is 1. The van der Waals surface area contributed by atoms with Gasteiger partial charge in [0.15, 0.2) is 0 Å². The number of likely N-dealkylation sites (tertiary alicyclic amines) is 1. The van der Waals surface area contributed by atoms with Gasteiger partial charge in [-0.05, 0) is 49.4 Å². The van der Waals surface area contributed by atoms with Crippen LogP contribution in [0.15, 0.2) is 30.3 Å². The van der Waals surface area contributed by atoms with E-state index in [-0.39, 0.29) is 28.1 Å². The highest BCUT2D eigenvalue weighted by Crippen LogP contribution is 2.24. The Hall–Kier alpha value is -2.39. The summed E-state index contributed by atoms with van der Waals surface area (Å²) in [5, 5.41) is 15.9. The average Bonchev–Trinajstić information content (AvgIpc) is 3.29. The molecule has 0 bridgehead atoms. The predicted octanol–water partition coefficient (Wildman–Crippen LogP) is 3.65. The Balaban J connectivity index is 1.20. The summed E-state index contributed by atoms with van der Waals surface area (Å²) in [6.07, 6.45) is 4.23. The highest BCUT2D eigenvalue weighted by Gasteiger charge is 2.27. The number of ether oxygens (including phenoxy) is 1. The lowest BCUT2D eigenvalue weighted by Crippen LogP contribution is -2.43. The Kier molecular flexibility index (Phi) is 8.83. The van der Waals surface area contributed by atoms with E-state index in [0.717, 1.165) is 56.8 Å². The first-order valence-corrected chi connectivity index (χ1v) is 12.7. The Labute approximate surface area is 215 Å². The SMILES string of the molecule is O=C(NC(CCN1CCC(OCCc2ccc3c(n2)NCCC3)C1)C(=O)O)c1c(Cl)cccc1Cl. The van der Waals surface area contributed by atoms with E-state index >= 15 is 0 Å². The third-order valence-electron chi connectivity index (χ3n) is 6.42. The first kappa shape index (κ1) is 25.7. The minimum Gasteiger partial charge on any atom is -0.480 e. The van der Waals surface area contributed by atoms with Crippen molar-refractivity contribution in [3.8, 4) is 0 Å². The lowest BCUT2D eigenvalue weighted by molar-refractivity contribution is -0.139. The second-order valence-corrected chi connectivity index (χ2v) is 9.74. The Morgan fingerprint density at radius 1 is 1.26 bits per heavy atom. The lowest BCUT2D eigenvalue weighted by Gasteiger charge is -2.20. The van der Waals surface area contributed by atoms with Gasteiger partial charge in [-0.3, -0.25) is 4.79 Å². The Morgan fingerprint density at radius 2 is 2.06 bits per heavy atom. The highest BCUT2D eigenvalue weighted by molar-refractivity contribution is 6.39. The van der Waals surface area contributed by atoms with Crippen molar-refractivity contribution in [1.29, 1.82) is 0 Å². The topological polar surface area (TPSA) is 104 Å². The molecule has 0 spiro atoms. The smallest absolute Gasteiger partial charge is 0.326 e. The van der Waals surface area contributed by atoms with Crippen molar-refractivity contribution in [2.45, 2.75) is 44.2 Å². The third-order valence-corrected chi connectivity index (χ3v) is 7.05. The van der Waals surface area contributed by atoms with Gasteiger partial charge in [0, 0.05) is 38.3 Å². The fourth-order valence-corrected chi connectivity index (χ4v) is 5.06. The van der Waals surface area contributed by atoms with Crippen molar-refractivity contribution in [2.24, 2.45) is 0 Å². The fraction of sp³-hybridized carbons (Fsp3) is 0.480. The van der Waals surface area contributed by atoms with Crippen molar-refractivity contribution in [3.05, 3.63) is 57.2 Å². The van der Waals surface area contributed by atoms with Gasteiger partial charge in [-0.25, -0.2) is 9.78 Å². The third kappa shape index (κ3) is 6.85. The number of amides is 1. The molecule has 0 aliphatic carbocycles. The van der Waals surface area contributed by atoms with Crippen LogP contribution in [0.25, 0.3) is 0 Å². The summed E-state index contributed by atoms with van der Waals surface area (Å²) in [5.41, 5.74) is 2.38. The normalized spacial score (nSPS) is 18.5. The van der Waals surface area contributed by atoms with Crippen molar-refractivity contribution in [3.63, 3.8) is 0 Å². The molecule has 4 rings (SSSR count). The van der Waals surface area contributed by atoms with Crippen LogP contribution in [0.5, 0.6) is 0 Å². The number of carbonyl (C=O) groups is 2. The zero-order valence-corrected chi connectivity index (χ0v) is 20.9. The maximum absolute atomic E-state index is 12.6. The van der Waals surface area contributed by atoms with E-state index < -0.39 is 17.9 Å². The Morgan fingerprint density at radius 3 is 2.83 bits per heavy atom. The molecule has 1 fully saturated rings. The number of pyridine rings is 1. The lowest BCUT2D eigenvalue weighted by atomic mass is 10.1. The Bertz CT molecular complexity index is 1050. The molecule has 2 unspecified atom stereocenters. The van der Waals surface area contributed by atoms with Gasteiger partial charge in [-0.2, -0.15) is 0 Å². The largest absolute Gasteiger partial charge is 0.480 e. The molecule has 3 N–H and O–H groups in total. The van der Waals surface area contributed by atoms with Gasteiger partial charge >= 0.3 is 5.97 Å². The zero-order chi connectivity index (χ0) is 24.8. The van der Waals surface area contributed by atoms with Crippen LogP contribution in [0.4, 0.5) is 5.82 Å². The molecule has 1 saturated heterocycles. The average molecular weight is 521 g/mol. The molecule has 1 amide bonds. The summed E-state index contributed by atoms with van der Waals surface area (Å²) in [6, 6.07) is 7.90. The molecule has 2 aromatic rings. The molecule has 2 aliphatic heterocycles. The highest BCUT2D eigenvalue weighted by atomic mass is 35.5. The number of hydrogen-bond donors (Lipinski definition) is 3. The summed E-state index contributed by atoms with van der Waals surface area (Å²) in [6.45, 7) is 3.65. The summed E-state index contributed by atoms with van der Waals surface area (Å²) in [7, 11) is 0. The summed E-state index contributed by atoms with van der Waals surface area (Å²) < 4.78 is 6.07. The van der Waals surface area contributed by atoms with Crippen molar-refractivity contribution in [1.82, 2.24) is 15.2 Å². The summed E-state index contributed by atoms with van der Waals surface area (Å²) >= 11 is 12.1. The molecule has 1 aromatic carbocycles. The van der Waals surface area contributed by atoms with Crippen molar-refractivity contribution >= 4 is 40.9 Å². The van der Waals surface area contributed by atoms with Crippen LogP contribution in [-0.4, -0.2) is 71.8 Å². The number of aromatic nitrogens is 1. The molecule has 35 heavy (non-hydrogen) atoms. The van der Waals surface area contributed by atoms with E-state index in [0.29, 0.717) is 13.2 Å². The molecular weight excluding hydrogens is 491 g/mol. The van der Waals surface area contributed by atoms with Crippen molar-refractivity contribution in [2.75, 3.05) is 38.1 Å². The molecule has 2 aliphatic rings. The predicted molar refractivity (Wildman–Crippen MR) is 136 cm³/mol. The maximum Gasteiger partial charge on any atom is 0.326 e. The molecular formula is C25H30Cl2N4O4. The number of halogens is 2. The molecule has 2 atom stereocenters. The van der Waals surface area contributed by atoms with Gasteiger partial charge in [-0.1, -0.05) is 35.3 Å². The van der Waals surface area contributed by atoms with Crippen LogP contribution in [0.3, 0.4) is 0 Å². The van der Waals surface area contributed by atoms with E-state index in [1.54, 1.807) is 18.2 Å². The summed E-state index contributed by atoms with van der Waals surface area (Å²) in [4.78, 5) is 31.2. The van der Waals surface area contributed by atoms with Crippen LogP contribution in [0, 0.1) is 0 Å². The number of carboxylic acid groups (broad SMARTS) is 1. The minimum atomic E-state index is -1.10. The van der Waals surface area contributed by atoms with Gasteiger partial charge in [0.05, 0.1) is 28.3 Å². The summed E-state index contributed by atoms with van der Waals surface area (Å²) in [5.74, 6) is -0.695. The quantitative estimate of drug-likeness (QED) is 0.439.